The third kappa shape index (κ3) is 15.4. The van der Waals surface area contributed by atoms with Crippen molar-refractivity contribution in [2.45, 2.75) is 41.5 Å². The largest absolute Gasteiger partial charge is 0.702 e. The van der Waals surface area contributed by atoms with Gasteiger partial charge in [-0.2, -0.15) is 5.70 Å². The summed E-state index contributed by atoms with van der Waals surface area (Å²) in [7, 11) is 0. The van der Waals surface area contributed by atoms with Crippen molar-refractivity contribution in [3.8, 4) is 0 Å². The van der Waals surface area contributed by atoms with E-state index in [1.54, 1.807) is 19.1 Å². The van der Waals surface area contributed by atoms with Gasteiger partial charge in [-0.1, -0.05) is 90.3 Å². The zero-order chi connectivity index (χ0) is 15.7. The van der Waals surface area contributed by atoms with E-state index in [2.05, 4.69) is 13.2 Å². The van der Waals surface area contributed by atoms with Crippen molar-refractivity contribution in [3.05, 3.63) is 78.3 Å². The summed E-state index contributed by atoms with van der Waals surface area (Å²) < 4.78 is 0. The maximum atomic E-state index is 7.68. The molecule has 0 fully saturated rings. The Kier molecular flexibility index (Phi) is 32.4. The van der Waals surface area contributed by atoms with Gasteiger partial charge in [-0.25, -0.2) is 0 Å². The molecular weight excluding hydrogens is 319 g/mol. The van der Waals surface area contributed by atoms with Crippen LogP contribution in [0.5, 0.6) is 0 Å². The Morgan fingerprint density at radius 1 is 0.900 bits per heavy atom. The standard InChI is InChI=1S/C14H18N.2C2H6.Y/c1-5-8-10-13(7-3)14(12(4)15)11-9-6-2;2*1-2;/h5-11,15H,1-2H2,3-4H3;2*1-2H3;/q-1;;;/b10-8-,11-9-,13-7+,14-12-;;;. The summed E-state index contributed by atoms with van der Waals surface area (Å²) in [5.41, 5.74) is 10.1. The van der Waals surface area contributed by atoms with Gasteiger partial charge >= 0.3 is 0 Å². The first-order valence-corrected chi connectivity index (χ1v) is 6.84. The maximum Gasteiger partial charge on any atom is 0 e. The molecule has 0 spiro atoms. The molecule has 0 unspecified atom stereocenters. The summed E-state index contributed by atoms with van der Waals surface area (Å²) >= 11 is 0. The fraction of sp³-hybridized carbons (Fsp3) is 0.333. The molecule has 0 bridgehead atoms. The van der Waals surface area contributed by atoms with E-state index < -0.39 is 0 Å². The molecule has 0 saturated heterocycles. The van der Waals surface area contributed by atoms with Crippen molar-refractivity contribution in [1.29, 1.82) is 0 Å². The second kappa shape index (κ2) is 23.4. The van der Waals surface area contributed by atoms with Gasteiger partial charge in [0.05, 0.1) is 0 Å². The van der Waals surface area contributed by atoms with Crippen LogP contribution < -0.4 is 0 Å². The minimum Gasteiger partial charge on any atom is -0.702 e. The molecule has 0 amide bonds. The first kappa shape index (κ1) is 27.6. The molecule has 20 heavy (non-hydrogen) atoms. The number of allylic oxidation sites excluding steroid dienone is 10. The fourth-order valence-corrected chi connectivity index (χ4v) is 1.12. The van der Waals surface area contributed by atoms with E-state index in [9.17, 15) is 0 Å². The molecule has 0 aliphatic carbocycles. The van der Waals surface area contributed by atoms with Gasteiger partial charge in [0.1, 0.15) is 0 Å². The molecule has 0 aromatic heterocycles. The minimum atomic E-state index is 0. The predicted molar refractivity (Wildman–Crippen MR) is 92.1 cm³/mol. The average Bonchev–Trinajstić information content (AvgIpc) is 2.46. The van der Waals surface area contributed by atoms with Gasteiger partial charge in [-0.3, -0.25) is 0 Å². The van der Waals surface area contributed by atoms with E-state index >= 15 is 0 Å². The quantitative estimate of drug-likeness (QED) is 0.488. The molecule has 1 radical (unpaired) electrons. The Bertz CT molecular complexity index is 340. The molecule has 0 aliphatic heterocycles. The predicted octanol–water partition coefficient (Wildman–Crippen LogP) is 6.79. The molecule has 0 aromatic rings. The maximum absolute atomic E-state index is 7.68. The first-order chi connectivity index (χ1) is 9.17. The summed E-state index contributed by atoms with van der Waals surface area (Å²) in [5.74, 6) is 0. The normalized spacial score (nSPS) is 11.4. The molecule has 0 aromatic carbocycles. The van der Waals surface area contributed by atoms with Crippen LogP contribution in [-0.2, 0) is 32.7 Å². The Morgan fingerprint density at radius 2 is 1.30 bits per heavy atom. The van der Waals surface area contributed by atoms with Crippen LogP contribution >= 0.6 is 0 Å². The summed E-state index contributed by atoms with van der Waals surface area (Å²) in [6, 6.07) is 0. The summed E-state index contributed by atoms with van der Waals surface area (Å²) in [5, 5.41) is 0. The van der Waals surface area contributed by atoms with Crippen LogP contribution in [-0.4, -0.2) is 0 Å². The summed E-state index contributed by atoms with van der Waals surface area (Å²) in [6.45, 7) is 19.0. The van der Waals surface area contributed by atoms with Crippen molar-refractivity contribution in [2.75, 3.05) is 0 Å². The van der Waals surface area contributed by atoms with E-state index in [0.29, 0.717) is 5.70 Å². The Morgan fingerprint density at radius 3 is 1.60 bits per heavy atom. The van der Waals surface area contributed by atoms with Crippen molar-refractivity contribution in [3.63, 3.8) is 0 Å². The average molecular weight is 349 g/mol. The monoisotopic (exact) mass is 349 g/mol. The van der Waals surface area contributed by atoms with Crippen molar-refractivity contribution in [2.24, 2.45) is 0 Å². The van der Waals surface area contributed by atoms with Crippen molar-refractivity contribution in [1.82, 2.24) is 0 Å². The van der Waals surface area contributed by atoms with Crippen LogP contribution in [0.25, 0.3) is 5.73 Å². The molecule has 0 saturated carbocycles. The van der Waals surface area contributed by atoms with Gasteiger partial charge in [0, 0.05) is 32.7 Å². The number of hydrogen-bond acceptors (Lipinski definition) is 0. The smallest absolute Gasteiger partial charge is 0 e. The van der Waals surface area contributed by atoms with Crippen LogP contribution in [0.2, 0.25) is 0 Å². The molecule has 0 aliphatic rings. The molecule has 1 N–H and O–H groups in total. The Hall–Kier alpha value is -0.656. The van der Waals surface area contributed by atoms with Crippen LogP contribution in [0.15, 0.2) is 72.5 Å². The van der Waals surface area contributed by atoms with Gasteiger partial charge in [0.15, 0.2) is 0 Å². The fourth-order valence-electron chi connectivity index (χ4n) is 1.12. The van der Waals surface area contributed by atoms with Crippen LogP contribution in [0.4, 0.5) is 0 Å². The molecule has 111 valence electrons. The molecule has 0 heterocycles. The number of hydrogen-bond donors (Lipinski definition) is 0. The van der Waals surface area contributed by atoms with Gasteiger partial charge in [0.2, 0.25) is 0 Å². The third-order valence-corrected chi connectivity index (χ3v) is 1.84. The molecule has 2 heteroatoms. The van der Waals surface area contributed by atoms with Crippen LogP contribution in [0, 0.1) is 0 Å². The van der Waals surface area contributed by atoms with E-state index in [1.807, 2.05) is 65.0 Å². The Labute approximate surface area is 152 Å². The van der Waals surface area contributed by atoms with Crippen LogP contribution in [0.3, 0.4) is 0 Å². The Balaban J connectivity index is -0.000000233. The molecule has 1 nitrogen and oxygen atoms in total. The summed E-state index contributed by atoms with van der Waals surface area (Å²) in [4.78, 5) is 0. The summed E-state index contributed by atoms with van der Waals surface area (Å²) in [6.07, 6.45) is 12.9. The van der Waals surface area contributed by atoms with Gasteiger partial charge in [0.25, 0.3) is 0 Å². The number of nitrogens with one attached hydrogen (secondary N) is 1. The van der Waals surface area contributed by atoms with Gasteiger partial charge < -0.3 is 5.73 Å². The number of rotatable bonds is 5. The molecular formula is C18H30NY-. The van der Waals surface area contributed by atoms with Crippen molar-refractivity contribution >= 4 is 0 Å². The zero-order valence-corrected chi connectivity index (χ0v) is 16.9. The molecule has 0 atom stereocenters. The SMILES string of the molecule is C=C\C=C/C(=C(\C)[NH-])C(/C=C\C=C)=C/C.CC.CC.[Y]. The van der Waals surface area contributed by atoms with E-state index in [4.69, 9.17) is 5.73 Å². The van der Waals surface area contributed by atoms with Crippen LogP contribution in [0.1, 0.15) is 41.5 Å². The van der Waals surface area contributed by atoms with Gasteiger partial charge in [-0.05, 0) is 18.1 Å². The molecule has 0 rings (SSSR count). The van der Waals surface area contributed by atoms with E-state index in [-0.39, 0.29) is 32.7 Å². The first-order valence-electron chi connectivity index (χ1n) is 6.84. The topological polar surface area (TPSA) is 23.8 Å². The van der Waals surface area contributed by atoms with E-state index in [1.165, 1.54) is 0 Å². The third-order valence-electron chi connectivity index (χ3n) is 1.84. The zero-order valence-electron chi connectivity index (χ0n) is 14.0. The van der Waals surface area contributed by atoms with E-state index in [0.717, 1.165) is 11.1 Å². The second-order valence-electron chi connectivity index (χ2n) is 2.97. The van der Waals surface area contributed by atoms with Gasteiger partial charge in [-0.15, -0.1) is 0 Å². The minimum absolute atomic E-state index is 0. The van der Waals surface area contributed by atoms with Crippen molar-refractivity contribution < 1.29 is 32.7 Å². The second-order valence-corrected chi connectivity index (χ2v) is 2.97.